The Labute approximate surface area is 152 Å². The molecule has 1 atom stereocenters. The average molecular weight is 382 g/mol. The highest BCUT2D eigenvalue weighted by molar-refractivity contribution is 7.92. The predicted molar refractivity (Wildman–Crippen MR) is 104 cm³/mol. The molecule has 0 aliphatic rings. The maximum Gasteiger partial charge on any atom is 0.242 e. The number of carbonyl (C=O) groups is 1. The Balaban J connectivity index is 1.91. The normalized spacial score (nSPS) is 12.4. The molecule has 0 aliphatic carbocycles. The van der Waals surface area contributed by atoms with Crippen molar-refractivity contribution in [2.45, 2.75) is 26.3 Å². The zero-order valence-corrected chi connectivity index (χ0v) is 16.1. The van der Waals surface area contributed by atoms with Gasteiger partial charge in [-0.2, -0.15) is 0 Å². The summed E-state index contributed by atoms with van der Waals surface area (Å²) in [6, 6.07) is 8.91. The minimum atomic E-state index is -3.35. The minimum Gasteiger partial charge on any atom is -0.374 e. The Morgan fingerprint density at radius 2 is 2.04 bits per heavy atom. The summed E-state index contributed by atoms with van der Waals surface area (Å²) in [6.07, 6.45) is 1.92. The van der Waals surface area contributed by atoms with Crippen LogP contribution in [0, 0.1) is 6.92 Å². The first-order chi connectivity index (χ1) is 11.7. The molecule has 0 spiro atoms. The third-order valence-electron chi connectivity index (χ3n) is 3.56. The number of amides is 1. The Morgan fingerprint density at radius 1 is 1.28 bits per heavy atom. The first-order valence-corrected chi connectivity index (χ1v) is 10.7. The Morgan fingerprint density at radius 3 is 2.68 bits per heavy atom. The van der Waals surface area contributed by atoms with Crippen molar-refractivity contribution in [3.63, 3.8) is 0 Å². The first kappa shape index (κ1) is 19.3. The third-order valence-corrected chi connectivity index (χ3v) is 5.09. The van der Waals surface area contributed by atoms with Crippen LogP contribution in [0.3, 0.4) is 0 Å². The van der Waals surface area contributed by atoms with E-state index in [0.29, 0.717) is 17.9 Å². The van der Waals surface area contributed by atoms with Gasteiger partial charge in [-0.25, -0.2) is 8.42 Å². The first-order valence-electron chi connectivity index (χ1n) is 7.89. The summed E-state index contributed by atoms with van der Waals surface area (Å²) in [7, 11) is -3.35. The second-order valence-corrected chi connectivity index (χ2v) is 8.67. The van der Waals surface area contributed by atoms with Crippen LogP contribution in [0.5, 0.6) is 0 Å². The molecule has 8 heteroatoms. The maximum absolute atomic E-state index is 12.2. The number of hydrogen-bond acceptors (Lipinski definition) is 5. The molecule has 1 amide bonds. The SMILES string of the molecule is Cc1ccc(NC(C)C(=O)NCCc2cccs2)cc1NS(C)(=O)=O. The summed E-state index contributed by atoms with van der Waals surface area (Å²) in [4.78, 5) is 13.4. The van der Waals surface area contributed by atoms with Gasteiger partial charge in [-0.05, 0) is 49.4 Å². The number of anilines is 2. The quantitative estimate of drug-likeness (QED) is 0.656. The molecule has 0 fully saturated rings. The van der Waals surface area contributed by atoms with Crippen molar-refractivity contribution < 1.29 is 13.2 Å². The van der Waals surface area contributed by atoms with E-state index in [1.165, 1.54) is 4.88 Å². The second-order valence-electron chi connectivity index (χ2n) is 5.89. The van der Waals surface area contributed by atoms with Gasteiger partial charge in [0.2, 0.25) is 15.9 Å². The average Bonchev–Trinajstić information content (AvgIpc) is 3.02. The molecular weight excluding hydrogens is 358 g/mol. The third kappa shape index (κ3) is 6.39. The van der Waals surface area contributed by atoms with Crippen LogP contribution in [0.15, 0.2) is 35.7 Å². The van der Waals surface area contributed by atoms with Crippen LogP contribution < -0.4 is 15.4 Å². The van der Waals surface area contributed by atoms with Crippen LogP contribution in [0.1, 0.15) is 17.4 Å². The lowest BCUT2D eigenvalue weighted by atomic mass is 10.1. The zero-order valence-electron chi connectivity index (χ0n) is 14.5. The van der Waals surface area contributed by atoms with Gasteiger partial charge < -0.3 is 10.6 Å². The summed E-state index contributed by atoms with van der Waals surface area (Å²) >= 11 is 1.67. The molecule has 0 saturated heterocycles. The van der Waals surface area contributed by atoms with E-state index >= 15 is 0 Å². The fraction of sp³-hybridized carbons (Fsp3) is 0.353. The lowest BCUT2D eigenvalue weighted by Crippen LogP contribution is -2.38. The van der Waals surface area contributed by atoms with Crippen LogP contribution in [-0.4, -0.2) is 33.2 Å². The van der Waals surface area contributed by atoms with Crippen molar-refractivity contribution in [1.29, 1.82) is 0 Å². The van der Waals surface area contributed by atoms with E-state index in [2.05, 4.69) is 15.4 Å². The number of sulfonamides is 1. The molecule has 0 saturated carbocycles. The fourth-order valence-electron chi connectivity index (χ4n) is 2.25. The van der Waals surface area contributed by atoms with Crippen molar-refractivity contribution in [1.82, 2.24) is 5.32 Å². The van der Waals surface area contributed by atoms with E-state index in [-0.39, 0.29) is 5.91 Å². The molecule has 1 aromatic carbocycles. The van der Waals surface area contributed by atoms with Crippen LogP contribution in [0.4, 0.5) is 11.4 Å². The number of nitrogens with one attached hydrogen (secondary N) is 3. The number of aryl methyl sites for hydroxylation is 1. The number of carbonyl (C=O) groups excluding carboxylic acids is 1. The lowest BCUT2D eigenvalue weighted by Gasteiger charge is -2.17. The largest absolute Gasteiger partial charge is 0.374 e. The number of hydrogen-bond donors (Lipinski definition) is 3. The summed E-state index contributed by atoms with van der Waals surface area (Å²) in [5.74, 6) is -0.102. The molecule has 2 rings (SSSR count). The van der Waals surface area contributed by atoms with Crippen molar-refractivity contribution in [3.05, 3.63) is 46.2 Å². The number of benzene rings is 1. The maximum atomic E-state index is 12.2. The summed E-state index contributed by atoms with van der Waals surface area (Å²) < 4.78 is 25.3. The van der Waals surface area contributed by atoms with Crippen LogP contribution >= 0.6 is 11.3 Å². The zero-order chi connectivity index (χ0) is 18.4. The molecule has 3 N–H and O–H groups in total. The molecule has 1 aromatic heterocycles. The van der Waals surface area contributed by atoms with Crippen molar-refractivity contribution in [3.8, 4) is 0 Å². The second kappa shape index (κ2) is 8.35. The summed E-state index contributed by atoms with van der Waals surface area (Å²) in [5, 5.41) is 8.01. The van der Waals surface area contributed by atoms with Crippen molar-refractivity contribution in [2.75, 3.05) is 22.8 Å². The Bertz CT molecular complexity index is 818. The molecule has 2 aromatic rings. The predicted octanol–water partition coefficient (Wildman–Crippen LogP) is 2.59. The standard InChI is InChI=1S/C17H23N3O3S2/c1-12-6-7-14(11-16(12)20-25(3,22)23)19-13(2)17(21)18-9-8-15-5-4-10-24-15/h4-7,10-11,13,19-20H,8-9H2,1-3H3,(H,18,21). The molecule has 1 unspecified atom stereocenters. The highest BCUT2D eigenvalue weighted by Crippen LogP contribution is 2.21. The van der Waals surface area contributed by atoms with Gasteiger partial charge in [0, 0.05) is 17.1 Å². The molecule has 25 heavy (non-hydrogen) atoms. The van der Waals surface area contributed by atoms with Gasteiger partial charge in [-0.3, -0.25) is 9.52 Å². The minimum absolute atomic E-state index is 0.102. The lowest BCUT2D eigenvalue weighted by molar-refractivity contribution is -0.121. The fourth-order valence-corrected chi connectivity index (χ4v) is 3.58. The van der Waals surface area contributed by atoms with E-state index in [9.17, 15) is 13.2 Å². The molecule has 0 radical (unpaired) electrons. The number of rotatable bonds is 8. The molecule has 136 valence electrons. The van der Waals surface area contributed by atoms with Gasteiger partial charge in [0.15, 0.2) is 0 Å². The van der Waals surface area contributed by atoms with Gasteiger partial charge in [0.25, 0.3) is 0 Å². The van der Waals surface area contributed by atoms with Crippen molar-refractivity contribution in [2.24, 2.45) is 0 Å². The Hall–Kier alpha value is -2.06. The molecule has 0 aliphatic heterocycles. The van der Waals surface area contributed by atoms with E-state index in [1.54, 1.807) is 30.4 Å². The summed E-state index contributed by atoms with van der Waals surface area (Å²) in [5.41, 5.74) is 1.99. The molecule has 1 heterocycles. The molecule has 0 bridgehead atoms. The molecular formula is C17H23N3O3S2. The topological polar surface area (TPSA) is 87.3 Å². The van der Waals surface area contributed by atoms with Crippen LogP contribution in [-0.2, 0) is 21.2 Å². The van der Waals surface area contributed by atoms with Gasteiger partial charge in [0.05, 0.1) is 11.9 Å². The van der Waals surface area contributed by atoms with Crippen molar-refractivity contribution >= 4 is 38.6 Å². The molecule has 6 nitrogen and oxygen atoms in total. The smallest absolute Gasteiger partial charge is 0.242 e. The van der Waals surface area contributed by atoms with E-state index in [1.807, 2.05) is 30.5 Å². The summed E-state index contributed by atoms with van der Waals surface area (Å²) in [6.45, 7) is 4.17. The van der Waals surface area contributed by atoms with Crippen LogP contribution in [0.25, 0.3) is 0 Å². The highest BCUT2D eigenvalue weighted by atomic mass is 32.2. The highest BCUT2D eigenvalue weighted by Gasteiger charge is 2.13. The van der Waals surface area contributed by atoms with E-state index in [0.717, 1.165) is 18.2 Å². The van der Waals surface area contributed by atoms with E-state index in [4.69, 9.17) is 0 Å². The van der Waals surface area contributed by atoms with Gasteiger partial charge in [0.1, 0.15) is 6.04 Å². The Kier molecular flexibility index (Phi) is 6.44. The van der Waals surface area contributed by atoms with Gasteiger partial charge in [-0.15, -0.1) is 11.3 Å². The number of thiophene rings is 1. The van der Waals surface area contributed by atoms with E-state index < -0.39 is 16.1 Å². The van der Waals surface area contributed by atoms with Crippen LogP contribution in [0.2, 0.25) is 0 Å². The monoisotopic (exact) mass is 381 g/mol. The van der Waals surface area contributed by atoms with Gasteiger partial charge in [-0.1, -0.05) is 12.1 Å². The van der Waals surface area contributed by atoms with Gasteiger partial charge >= 0.3 is 0 Å².